The number of anilines is 1. The number of benzene rings is 1. The molecule has 5 nitrogen and oxygen atoms in total. The van der Waals surface area contributed by atoms with Crippen molar-refractivity contribution in [3.63, 3.8) is 0 Å². The van der Waals surface area contributed by atoms with Crippen LogP contribution in [0.2, 0.25) is 0 Å². The predicted molar refractivity (Wildman–Crippen MR) is 96.9 cm³/mol. The number of nitrogens with zero attached hydrogens (tertiary/aromatic N) is 2. The van der Waals surface area contributed by atoms with E-state index in [1.807, 2.05) is 36.1 Å². The second-order valence-corrected chi connectivity index (χ2v) is 7.11. The second-order valence-electron chi connectivity index (χ2n) is 6.74. The molecule has 0 aromatic heterocycles. The molecule has 1 aliphatic heterocycles. The third kappa shape index (κ3) is 3.71. The molecule has 6 heteroatoms. The van der Waals surface area contributed by atoms with Gasteiger partial charge in [0.05, 0.1) is 0 Å². The maximum Gasteiger partial charge on any atom is 0.225 e. The summed E-state index contributed by atoms with van der Waals surface area (Å²) >= 11 is 5.61. The topological polar surface area (TPSA) is 57.7 Å². The Balaban J connectivity index is 1.77. The summed E-state index contributed by atoms with van der Waals surface area (Å²) in [4.78, 5) is 39.8. The van der Waals surface area contributed by atoms with Gasteiger partial charge in [-0.1, -0.05) is 25.1 Å². The number of amides is 1. The summed E-state index contributed by atoms with van der Waals surface area (Å²) < 4.78 is 0. The summed E-state index contributed by atoms with van der Waals surface area (Å²) in [5.41, 5.74) is 2.01. The van der Waals surface area contributed by atoms with E-state index in [1.54, 1.807) is 0 Å². The predicted octanol–water partition coefficient (Wildman–Crippen LogP) is 2.57. The normalized spacial score (nSPS) is 23.8. The zero-order valence-corrected chi connectivity index (χ0v) is 15.2. The van der Waals surface area contributed by atoms with Crippen molar-refractivity contribution in [3.8, 4) is 0 Å². The average Bonchev–Trinajstić information content (AvgIpc) is 3.03. The molecular formula is C19H23ClN2O3. The molecule has 1 saturated heterocycles. The van der Waals surface area contributed by atoms with Crippen LogP contribution in [0, 0.1) is 5.92 Å². The molecule has 1 aromatic rings. The summed E-state index contributed by atoms with van der Waals surface area (Å²) in [5.74, 6) is -0.362. The molecular weight excluding hydrogens is 340 g/mol. The van der Waals surface area contributed by atoms with Crippen molar-refractivity contribution in [2.75, 3.05) is 31.1 Å². The maximum absolute atomic E-state index is 12.4. The van der Waals surface area contributed by atoms with Crippen LogP contribution in [0.1, 0.15) is 37.7 Å². The third-order valence-corrected chi connectivity index (χ3v) is 5.57. The Morgan fingerprint density at radius 1 is 1.16 bits per heavy atom. The van der Waals surface area contributed by atoms with E-state index in [9.17, 15) is 14.4 Å². The molecule has 1 saturated carbocycles. The molecule has 2 fully saturated rings. The first-order valence-electron chi connectivity index (χ1n) is 8.85. The standard InChI is InChI=1S/C19H23ClN2O3/c1-2-18(24)22-9-7-21(8-10-22)16-6-4-3-5-14(16)15-11-13(19(20)25)12-17(15)23/h3-6,13,15H,2,7-12H2,1H3/t13-,15-/m1/s1. The molecule has 0 N–H and O–H groups in total. The summed E-state index contributed by atoms with van der Waals surface area (Å²) in [7, 11) is 0. The van der Waals surface area contributed by atoms with Gasteiger partial charge < -0.3 is 9.80 Å². The lowest BCUT2D eigenvalue weighted by Gasteiger charge is -2.37. The first kappa shape index (κ1) is 17.9. The van der Waals surface area contributed by atoms with Gasteiger partial charge in [-0.2, -0.15) is 0 Å². The number of piperazine rings is 1. The fraction of sp³-hybridized carbons (Fsp3) is 0.526. The highest BCUT2D eigenvalue weighted by molar-refractivity contribution is 6.64. The highest BCUT2D eigenvalue weighted by atomic mass is 35.5. The van der Waals surface area contributed by atoms with E-state index in [4.69, 9.17) is 11.6 Å². The van der Waals surface area contributed by atoms with Gasteiger partial charge >= 0.3 is 0 Å². The van der Waals surface area contributed by atoms with E-state index >= 15 is 0 Å². The molecule has 0 radical (unpaired) electrons. The quantitative estimate of drug-likeness (QED) is 0.772. The van der Waals surface area contributed by atoms with Crippen LogP contribution in [-0.2, 0) is 14.4 Å². The lowest BCUT2D eigenvalue weighted by molar-refractivity contribution is -0.131. The van der Waals surface area contributed by atoms with Crippen LogP contribution in [0.25, 0.3) is 0 Å². The minimum absolute atomic E-state index is 0.0891. The van der Waals surface area contributed by atoms with Gasteiger partial charge in [-0.25, -0.2) is 0 Å². The summed E-state index contributed by atoms with van der Waals surface area (Å²) in [6, 6.07) is 7.89. The summed E-state index contributed by atoms with van der Waals surface area (Å²) in [5, 5.41) is -0.417. The molecule has 2 aliphatic rings. The Morgan fingerprint density at radius 2 is 1.84 bits per heavy atom. The number of Topliss-reactive ketones (excluding diaryl/α,β-unsaturated/α-hetero) is 1. The Hall–Kier alpha value is -1.88. The molecule has 2 atom stereocenters. The van der Waals surface area contributed by atoms with Crippen molar-refractivity contribution in [1.29, 1.82) is 0 Å². The van der Waals surface area contributed by atoms with Crippen LogP contribution in [0.4, 0.5) is 5.69 Å². The molecule has 0 spiro atoms. The lowest BCUT2D eigenvalue weighted by Crippen LogP contribution is -2.49. The summed E-state index contributed by atoms with van der Waals surface area (Å²) in [6.45, 7) is 4.78. The number of carbonyl (C=O) groups is 3. The van der Waals surface area contributed by atoms with Crippen LogP contribution in [0.5, 0.6) is 0 Å². The SMILES string of the molecule is CCC(=O)N1CCN(c2ccccc2[C@H]2C[C@@H](C(=O)Cl)CC2=O)CC1. The summed E-state index contributed by atoms with van der Waals surface area (Å²) in [6.07, 6.45) is 1.26. The molecule has 134 valence electrons. The van der Waals surface area contributed by atoms with Crippen molar-refractivity contribution < 1.29 is 14.4 Å². The van der Waals surface area contributed by atoms with E-state index in [0.29, 0.717) is 25.9 Å². The van der Waals surface area contributed by atoms with Gasteiger partial charge in [-0.05, 0) is 29.7 Å². The van der Waals surface area contributed by atoms with Crippen LogP contribution in [0.15, 0.2) is 24.3 Å². The van der Waals surface area contributed by atoms with Gasteiger partial charge in [0.1, 0.15) is 5.78 Å². The smallest absolute Gasteiger partial charge is 0.225 e. The number of hydrogen-bond donors (Lipinski definition) is 0. The zero-order chi connectivity index (χ0) is 18.0. The average molecular weight is 363 g/mol. The first-order chi connectivity index (χ1) is 12.0. The molecule has 1 amide bonds. The Labute approximate surface area is 152 Å². The van der Waals surface area contributed by atoms with Gasteiger partial charge in [0, 0.05) is 56.5 Å². The largest absolute Gasteiger partial charge is 0.368 e. The maximum atomic E-state index is 12.4. The van der Waals surface area contributed by atoms with Crippen molar-refractivity contribution in [3.05, 3.63) is 29.8 Å². The molecule has 1 aromatic carbocycles. The van der Waals surface area contributed by atoms with Gasteiger partial charge in [0.25, 0.3) is 0 Å². The van der Waals surface area contributed by atoms with Gasteiger partial charge in [-0.15, -0.1) is 0 Å². The van der Waals surface area contributed by atoms with E-state index < -0.39 is 5.24 Å². The monoisotopic (exact) mass is 362 g/mol. The highest BCUT2D eigenvalue weighted by Crippen LogP contribution is 2.40. The van der Waals surface area contributed by atoms with Crippen molar-refractivity contribution in [1.82, 2.24) is 4.90 Å². The van der Waals surface area contributed by atoms with Crippen molar-refractivity contribution in [2.45, 2.75) is 32.1 Å². The van der Waals surface area contributed by atoms with Gasteiger partial charge in [0.15, 0.2) is 0 Å². The van der Waals surface area contributed by atoms with Crippen LogP contribution in [0.3, 0.4) is 0 Å². The molecule has 25 heavy (non-hydrogen) atoms. The number of carbonyl (C=O) groups excluding carboxylic acids is 3. The Morgan fingerprint density at radius 3 is 2.44 bits per heavy atom. The zero-order valence-electron chi connectivity index (χ0n) is 14.4. The van der Waals surface area contributed by atoms with Gasteiger partial charge in [0.2, 0.25) is 11.1 Å². The molecule has 0 bridgehead atoms. The van der Waals surface area contributed by atoms with Gasteiger partial charge in [-0.3, -0.25) is 14.4 Å². The molecule has 0 unspecified atom stereocenters. The van der Waals surface area contributed by atoms with Crippen molar-refractivity contribution in [2.24, 2.45) is 5.92 Å². The van der Waals surface area contributed by atoms with Crippen LogP contribution < -0.4 is 4.90 Å². The Bertz CT molecular complexity index is 683. The van der Waals surface area contributed by atoms with E-state index in [1.165, 1.54) is 0 Å². The minimum Gasteiger partial charge on any atom is -0.368 e. The fourth-order valence-corrected chi connectivity index (χ4v) is 4.01. The van der Waals surface area contributed by atoms with Crippen LogP contribution >= 0.6 is 11.6 Å². The third-order valence-electron chi connectivity index (χ3n) is 5.27. The number of para-hydroxylation sites is 1. The highest BCUT2D eigenvalue weighted by Gasteiger charge is 2.38. The number of ketones is 1. The molecule has 3 rings (SSSR count). The second kappa shape index (κ2) is 7.56. The number of rotatable bonds is 4. The fourth-order valence-electron chi connectivity index (χ4n) is 3.85. The minimum atomic E-state index is -0.417. The number of halogens is 1. The van der Waals surface area contributed by atoms with Crippen LogP contribution in [-0.4, -0.2) is 48.0 Å². The van der Waals surface area contributed by atoms with Crippen molar-refractivity contribution >= 4 is 34.2 Å². The molecule has 1 heterocycles. The first-order valence-corrected chi connectivity index (χ1v) is 9.22. The molecule has 1 aliphatic carbocycles. The van der Waals surface area contributed by atoms with E-state index in [0.717, 1.165) is 24.3 Å². The van der Waals surface area contributed by atoms with E-state index in [-0.39, 0.29) is 29.9 Å². The lowest BCUT2D eigenvalue weighted by atomic mass is 9.93. The van der Waals surface area contributed by atoms with E-state index in [2.05, 4.69) is 4.90 Å². The Kier molecular flexibility index (Phi) is 5.42. The number of hydrogen-bond acceptors (Lipinski definition) is 4.